The Morgan fingerprint density at radius 1 is 1.33 bits per heavy atom. The highest BCUT2D eigenvalue weighted by Crippen LogP contribution is 2.20. The van der Waals surface area contributed by atoms with Crippen LogP contribution >= 0.6 is 0 Å². The van der Waals surface area contributed by atoms with Gasteiger partial charge in [-0.2, -0.15) is 0 Å². The van der Waals surface area contributed by atoms with Crippen LogP contribution in [0.2, 0.25) is 0 Å². The van der Waals surface area contributed by atoms with Crippen LogP contribution in [0.3, 0.4) is 0 Å². The third kappa shape index (κ3) is 1.01. The van der Waals surface area contributed by atoms with Gasteiger partial charge in [-0.05, 0) is 25.3 Å². The van der Waals surface area contributed by atoms with Crippen molar-refractivity contribution in [3.8, 4) is 0 Å². The largest absolute Gasteiger partial charge is 0.302 e. The van der Waals surface area contributed by atoms with E-state index in [9.17, 15) is 0 Å². The highest BCUT2D eigenvalue weighted by molar-refractivity contribution is 4.97. The van der Waals surface area contributed by atoms with Crippen LogP contribution < -0.4 is 0 Å². The first-order chi connectivity index (χ1) is 4.45. The van der Waals surface area contributed by atoms with E-state index in [0.29, 0.717) is 0 Å². The highest BCUT2D eigenvalue weighted by Gasteiger charge is 2.20. The van der Waals surface area contributed by atoms with Gasteiger partial charge in [0.1, 0.15) is 0 Å². The Morgan fingerprint density at radius 3 is 3.33 bits per heavy atom. The zero-order chi connectivity index (χ0) is 6.10. The van der Waals surface area contributed by atoms with Gasteiger partial charge in [0.25, 0.3) is 0 Å². The molecule has 0 amide bonds. The van der Waals surface area contributed by atoms with Gasteiger partial charge < -0.3 is 4.90 Å². The molecule has 1 saturated heterocycles. The number of rotatable bonds is 0. The Kier molecular flexibility index (Phi) is 1.31. The number of hydrogen-bond donors (Lipinski definition) is 0. The molecule has 0 spiro atoms. The predicted molar refractivity (Wildman–Crippen MR) is 38.3 cm³/mol. The highest BCUT2D eigenvalue weighted by atomic mass is 15.1. The second-order valence-corrected chi connectivity index (χ2v) is 3.07. The smallest absolute Gasteiger partial charge is 0.00449 e. The second-order valence-electron chi connectivity index (χ2n) is 3.07. The summed E-state index contributed by atoms with van der Waals surface area (Å²) in [5.74, 6) is 0.896. The average molecular weight is 123 g/mol. The normalized spacial score (nSPS) is 40.9. The van der Waals surface area contributed by atoms with E-state index < -0.39 is 0 Å². The van der Waals surface area contributed by atoms with Gasteiger partial charge >= 0.3 is 0 Å². The van der Waals surface area contributed by atoms with Crippen LogP contribution in [0.25, 0.3) is 0 Å². The van der Waals surface area contributed by atoms with E-state index in [2.05, 4.69) is 17.1 Å². The summed E-state index contributed by atoms with van der Waals surface area (Å²) in [6.07, 6.45) is 7.41. The molecule has 2 aliphatic rings. The van der Waals surface area contributed by atoms with E-state index >= 15 is 0 Å². The number of hydrogen-bond acceptors (Lipinski definition) is 1. The third-order valence-electron chi connectivity index (χ3n) is 2.33. The molecule has 2 atom stereocenters. The van der Waals surface area contributed by atoms with Crippen LogP contribution in [-0.2, 0) is 0 Å². The van der Waals surface area contributed by atoms with Crippen LogP contribution in [0, 0.1) is 5.92 Å². The maximum atomic E-state index is 2.56. The van der Waals surface area contributed by atoms with E-state index in [1.807, 2.05) is 0 Å². The van der Waals surface area contributed by atoms with E-state index in [1.165, 1.54) is 32.5 Å². The molecule has 1 nitrogen and oxygen atoms in total. The van der Waals surface area contributed by atoms with Crippen molar-refractivity contribution in [2.24, 2.45) is 5.92 Å². The van der Waals surface area contributed by atoms with Crippen molar-refractivity contribution < 1.29 is 0 Å². The van der Waals surface area contributed by atoms with Crippen molar-refractivity contribution >= 4 is 0 Å². The quantitative estimate of drug-likeness (QED) is 0.438. The molecule has 0 aromatic rings. The summed E-state index contributed by atoms with van der Waals surface area (Å²) >= 11 is 0. The lowest BCUT2D eigenvalue weighted by molar-refractivity contribution is 0.343. The van der Waals surface area contributed by atoms with Gasteiger partial charge in [0.05, 0.1) is 0 Å². The summed E-state index contributed by atoms with van der Waals surface area (Å²) in [5.41, 5.74) is 0. The first-order valence-electron chi connectivity index (χ1n) is 3.84. The predicted octanol–water partition coefficient (Wildman–Crippen LogP) is 1.27. The molecular weight excluding hydrogens is 110 g/mol. The molecule has 0 aromatic carbocycles. The van der Waals surface area contributed by atoms with Crippen LogP contribution in [0.15, 0.2) is 12.2 Å². The molecule has 0 aromatic heterocycles. The van der Waals surface area contributed by atoms with E-state index in [0.717, 1.165) is 5.92 Å². The molecular formula is C8H13N. The standard InChI is InChI=1S/C8H13N/c1-2-5-9-6-4-8(3-1)7-9/h1,3,8H,2,4-7H2. The minimum absolute atomic E-state index is 0.896. The van der Waals surface area contributed by atoms with Gasteiger partial charge in [0, 0.05) is 13.1 Å². The van der Waals surface area contributed by atoms with Crippen molar-refractivity contribution in [1.29, 1.82) is 0 Å². The molecule has 2 aliphatic heterocycles. The van der Waals surface area contributed by atoms with E-state index in [1.54, 1.807) is 0 Å². The Hall–Kier alpha value is -0.300. The topological polar surface area (TPSA) is 3.24 Å². The van der Waals surface area contributed by atoms with Crippen LogP contribution in [0.5, 0.6) is 0 Å². The average Bonchev–Trinajstić information content (AvgIpc) is 2.09. The third-order valence-corrected chi connectivity index (χ3v) is 2.33. The van der Waals surface area contributed by atoms with E-state index in [-0.39, 0.29) is 0 Å². The molecule has 1 heteroatoms. The Morgan fingerprint density at radius 2 is 2.33 bits per heavy atom. The minimum atomic E-state index is 0.896. The van der Waals surface area contributed by atoms with Crippen LogP contribution in [0.1, 0.15) is 12.8 Å². The van der Waals surface area contributed by atoms with Gasteiger partial charge in [0.15, 0.2) is 0 Å². The summed E-state index contributed by atoms with van der Waals surface area (Å²) in [5, 5.41) is 0. The van der Waals surface area contributed by atoms with Crippen molar-refractivity contribution in [2.45, 2.75) is 12.8 Å². The summed E-state index contributed by atoms with van der Waals surface area (Å²) in [7, 11) is 0. The summed E-state index contributed by atoms with van der Waals surface area (Å²) in [4.78, 5) is 2.56. The fourth-order valence-electron chi connectivity index (χ4n) is 1.77. The van der Waals surface area contributed by atoms with Crippen molar-refractivity contribution in [3.05, 3.63) is 12.2 Å². The van der Waals surface area contributed by atoms with Gasteiger partial charge in [0.2, 0.25) is 0 Å². The van der Waals surface area contributed by atoms with Crippen molar-refractivity contribution in [1.82, 2.24) is 4.90 Å². The maximum absolute atomic E-state index is 2.56. The molecule has 0 aliphatic carbocycles. The SMILES string of the molecule is C1=CC2CCN(CC1)C2. The Balaban J connectivity index is 2.10. The molecule has 9 heavy (non-hydrogen) atoms. The summed E-state index contributed by atoms with van der Waals surface area (Å²) in [6.45, 7) is 3.97. The van der Waals surface area contributed by atoms with Gasteiger partial charge in [-0.3, -0.25) is 0 Å². The van der Waals surface area contributed by atoms with Crippen molar-refractivity contribution in [3.63, 3.8) is 0 Å². The monoisotopic (exact) mass is 123 g/mol. The first kappa shape index (κ1) is 5.48. The minimum Gasteiger partial charge on any atom is -0.302 e. The lowest BCUT2D eigenvalue weighted by Gasteiger charge is -2.10. The van der Waals surface area contributed by atoms with Crippen LogP contribution in [-0.4, -0.2) is 24.5 Å². The van der Waals surface area contributed by atoms with Crippen LogP contribution in [0.4, 0.5) is 0 Å². The zero-order valence-corrected chi connectivity index (χ0v) is 5.71. The maximum Gasteiger partial charge on any atom is 0.00449 e. The van der Waals surface area contributed by atoms with E-state index in [4.69, 9.17) is 0 Å². The van der Waals surface area contributed by atoms with Gasteiger partial charge in [-0.1, -0.05) is 12.2 Å². The summed E-state index contributed by atoms with van der Waals surface area (Å²) < 4.78 is 0. The molecule has 2 unspecified atom stereocenters. The molecule has 0 saturated carbocycles. The lowest BCUT2D eigenvalue weighted by atomic mass is 10.1. The van der Waals surface area contributed by atoms with Crippen molar-refractivity contribution in [2.75, 3.05) is 19.6 Å². The molecule has 50 valence electrons. The fourth-order valence-corrected chi connectivity index (χ4v) is 1.77. The fraction of sp³-hybridized carbons (Fsp3) is 0.750. The van der Waals surface area contributed by atoms with Gasteiger partial charge in [-0.15, -0.1) is 0 Å². The molecule has 0 radical (unpaired) electrons. The zero-order valence-electron chi connectivity index (χ0n) is 5.71. The number of nitrogens with zero attached hydrogens (tertiary/aromatic N) is 1. The molecule has 2 bridgehead atoms. The first-order valence-corrected chi connectivity index (χ1v) is 3.84. The lowest BCUT2D eigenvalue weighted by Crippen LogP contribution is -2.19. The molecule has 1 fully saturated rings. The molecule has 2 rings (SSSR count). The van der Waals surface area contributed by atoms with Gasteiger partial charge in [-0.25, -0.2) is 0 Å². The summed E-state index contributed by atoms with van der Waals surface area (Å²) in [6, 6.07) is 0. The molecule has 0 N–H and O–H groups in total. The second kappa shape index (κ2) is 2.14. The number of fused-ring (bicyclic) bond motifs is 2. The Bertz CT molecular complexity index is 129. The molecule has 2 heterocycles. The Labute approximate surface area is 56.4 Å².